The minimum atomic E-state index is -1.28. The molecule has 3 rings (SSSR count). The van der Waals surface area contributed by atoms with Crippen molar-refractivity contribution in [3.8, 4) is 0 Å². The molecule has 1 fully saturated rings. The number of nitrogens with zero attached hydrogens (tertiary/aromatic N) is 4. The summed E-state index contributed by atoms with van der Waals surface area (Å²) in [6.45, 7) is 2.43. The maximum Gasteiger partial charge on any atom is 0.311 e. The molecule has 0 aliphatic carbocycles. The fraction of sp³-hybridized carbons (Fsp3) is 0.533. The van der Waals surface area contributed by atoms with E-state index in [1.165, 1.54) is 14.2 Å². The van der Waals surface area contributed by atoms with Crippen LogP contribution in [0.4, 0.5) is 5.82 Å². The molecule has 2 aromatic rings. The van der Waals surface area contributed by atoms with E-state index in [4.69, 9.17) is 25.8 Å². The first-order valence-corrected chi connectivity index (χ1v) is 8.10. The van der Waals surface area contributed by atoms with Gasteiger partial charge >= 0.3 is 5.97 Å². The third kappa shape index (κ3) is 3.54. The molecule has 136 valence electrons. The van der Waals surface area contributed by atoms with Gasteiger partial charge in [0.1, 0.15) is 10.8 Å². The third-order valence-electron chi connectivity index (χ3n) is 4.00. The molecule has 0 radical (unpaired) electrons. The van der Waals surface area contributed by atoms with E-state index in [1.807, 2.05) is 4.90 Å². The summed E-state index contributed by atoms with van der Waals surface area (Å²) in [5, 5.41) is 10.4. The van der Waals surface area contributed by atoms with Crippen molar-refractivity contribution in [2.45, 2.75) is 12.7 Å². The highest BCUT2D eigenvalue weighted by molar-refractivity contribution is 6.29. The topological polar surface area (TPSA) is 98.4 Å². The Morgan fingerprint density at radius 2 is 2.12 bits per heavy atom. The summed E-state index contributed by atoms with van der Waals surface area (Å²) in [4.78, 5) is 22.6. The predicted octanol–water partition coefficient (Wildman–Crippen LogP) is 0.572. The number of anilines is 1. The van der Waals surface area contributed by atoms with Gasteiger partial charge in [-0.1, -0.05) is 11.6 Å². The van der Waals surface area contributed by atoms with Crippen LogP contribution in [0.15, 0.2) is 6.20 Å². The van der Waals surface area contributed by atoms with Crippen LogP contribution in [0.5, 0.6) is 0 Å². The summed E-state index contributed by atoms with van der Waals surface area (Å²) in [6.07, 6.45) is 0.185. The van der Waals surface area contributed by atoms with Crippen molar-refractivity contribution in [3.05, 3.63) is 22.7 Å². The van der Waals surface area contributed by atoms with Crippen LogP contribution in [0.3, 0.4) is 0 Å². The monoisotopic (exact) mass is 370 g/mol. The van der Waals surface area contributed by atoms with E-state index < -0.39 is 12.3 Å². The van der Waals surface area contributed by atoms with Crippen LogP contribution < -0.4 is 4.90 Å². The lowest BCUT2D eigenvalue weighted by Crippen LogP contribution is -2.37. The number of esters is 1. The van der Waals surface area contributed by atoms with Crippen molar-refractivity contribution < 1.29 is 24.1 Å². The van der Waals surface area contributed by atoms with Gasteiger partial charge in [0.25, 0.3) is 0 Å². The highest BCUT2D eigenvalue weighted by Crippen LogP contribution is 2.28. The molecule has 9 nitrogen and oxygen atoms in total. The number of carbonyl (C=O) groups excluding carboxylic acids is 1. The Labute approximate surface area is 149 Å². The molecule has 10 heteroatoms. The minimum absolute atomic E-state index is 0.0870. The highest BCUT2D eigenvalue weighted by Gasteiger charge is 2.26. The summed E-state index contributed by atoms with van der Waals surface area (Å²) in [7, 11) is 2.65. The van der Waals surface area contributed by atoms with Crippen LogP contribution >= 0.6 is 11.6 Å². The van der Waals surface area contributed by atoms with Gasteiger partial charge in [0, 0.05) is 26.4 Å². The van der Waals surface area contributed by atoms with Gasteiger partial charge in [0.15, 0.2) is 17.8 Å². The molecule has 1 aliphatic heterocycles. The number of ether oxygens (including phenoxy) is 3. The molecule has 0 saturated carbocycles. The molecular formula is C15H19ClN4O5. The minimum Gasteiger partial charge on any atom is -0.469 e. The molecule has 3 heterocycles. The molecule has 0 spiro atoms. The number of hydrogen-bond donors (Lipinski definition) is 1. The SMILES string of the molecule is COC(=O)Cc1c(C(O)OC)nc2c(N3CCOCC3)nc(Cl)cn12. The number of morpholine rings is 1. The lowest BCUT2D eigenvalue weighted by Gasteiger charge is -2.28. The average molecular weight is 371 g/mol. The van der Waals surface area contributed by atoms with E-state index in [2.05, 4.69) is 9.97 Å². The predicted molar refractivity (Wildman–Crippen MR) is 88.7 cm³/mol. The summed E-state index contributed by atoms with van der Waals surface area (Å²) >= 11 is 6.18. The number of rotatable bonds is 5. The number of carbonyl (C=O) groups is 1. The first-order valence-electron chi connectivity index (χ1n) is 7.73. The quantitative estimate of drug-likeness (QED) is 0.602. The van der Waals surface area contributed by atoms with E-state index in [-0.39, 0.29) is 17.3 Å². The summed E-state index contributed by atoms with van der Waals surface area (Å²) < 4.78 is 16.7. The molecular weight excluding hydrogens is 352 g/mol. The van der Waals surface area contributed by atoms with Gasteiger partial charge in [-0.05, 0) is 0 Å². The third-order valence-corrected chi connectivity index (χ3v) is 4.18. The number of imidazole rings is 1. The summed E-state index contributed by atoms with van der Waals surface area (Å²) in [5.41, 5.74) is 1.15. The second-order valence-corrected chi connectivity index (χ2v) is 5.85. The van der Waals surface area contributed by atoms with Crippen molar-refractivity contribution in [3.63, 3.8) is 0 Å². The van der Waals surface area contributed by atoms with E-state index in [0.29, 0.717) is 43.5 Å². The Morgan fingerprint density at radius 1 is 1.40 bits per heavy atom. The van der Waals surface area contributed by atoms with Crippen molar-refractivity contribution >= 4 is 29.0 Å². The number of hydrogen-bond acceptors (Lipinski definition) is 8. The van der Waals surface area contributed by atoms with Gasteiger partial charge in [-0.15, -0.1) is 0 Å². The van der Waals surface area contributed by atoms with Crippen LogP contribution in [0.25, 0.3) is 5.65 Å². The van der Waals surface area contributed by atoms with Gasteiger partial charge in [0.2, 0.25) is 0 Å². The zero-order chi connectivity index (χ0) is 18.0. The van der Waals surface area contributed by atoms with Crippen molar-refractivity contribution in [2.75, 3.05) is 45.4 Å². The van der Waals surface area contributed by atoms with E-state index in [9.17, 15) is 9.90 Å². The molecule has 0 bridgehead atoms. The summed E-state index contributed by atoms with van der Waals surface area (Å²) in [6, 6.07) is 0. The Hall–Kier alpha value is -1.94. The fourth-order valence-corrected chi connectivity index (χ4v) is 2.93. The van der Waals surface area contributed by atoms with Gasteiger partial charge in [-0.2, -0.15) is 0 Å². The molecule has 1 aliphatic rings. The molecule has 0 amide bonds. The highest BCUT2D eigenvalue weighted by atomic mass is 35.5. The number of aromatic nitrogens is 3. The fourth-order valence-electron chi connectivity index (χ4n) is 2.75. The molecule has 1 atom stereocenters. The maximum atomic E-state index is 11.8. The first kappa shape index (κ1) is 17.9. The van der Waals surface area contributed by atoms with Crippen molar-refractivity contribution in [1.29, 1.82) is 0 Å². The standard InChI is InChI=1S/C15H19ClN4O5/c1-23-11(21)7-9-12(15(22)24-2)18-14-13(17-10(16)8-20(9)14)19-3-5-25-6-4-19/h8,15,22H,3-7H2,1-2H3. The van der Waals surface area contributed by atoms with E-state index in [0.717, 1.165) is 0 Å². The normalized spacial score (nSPS) is 16.2. The Balaban J connectivity index is 2.17. The van der Waals surface area contributed by atoms with E-state index in [1.54, 1.807) is 10.6 Å². The van der Waals surface area contributed by atoms with Crippen LogP contribution in [-0.4, -0.2) is 66.0 Å². The molecule has 0 aromatic carbocycles. The number of fused-ring (bicyclic) bond motifs is 1. The number of halogens is 1. The number of aliphatic hydroxyl groups excluding tert-OH is 1. The largest absolute Gasteiger partial charge is 0.469 e. The van der Waals surface area contributed by atoms with Crippen LogP contribution in [0.2, 0.25) is 5.15 Å². The zero-order valence-corrected chi connectivity index (χ0v) is 14.7. The Bertz CT molecular complexity index is 775. The average Bonchev–Trinajstić information content (AvgIpc) is 2.99. The molecule has 1 unspecified atom stereocenters. The van der Waals surface area contributed by atoms with Crippen molar-refractivity contribution in [2.24, 2.45) is 0 Å². The Morgan fingerprint density at radius 3 is 2.76 bits per heavy atom. The van der Waals surface area contributed by atoms with Gasteiger partial charge in [-0.3, -0.25) is 9.20 Å². The second-order valence-electron chi connectivity index (χ2n) is 5.46. The van der Waals surface area contributed by atoms with Gasteiger partial charge in [0.05, 0.1) is 32.4 Å². The number of aliphatic hydroxyl groups is 1. The first-order chi connectivity index (χ1) is 12.0. The van der Waals surface area contributed by atoms with E-state index >= 15 is 0 Å². The lowest BCUT2D eigenvalue weighted by atomic mass is 10.2. The maximum absolute atomic E-state index is 11.8. The molecule has 1 saturated heterocycles. The zero-order valence-electron chi connectivity index (χ0n) is 13.9. The lowest BCUT2D eigenvalue weighted by molar-refractivity contribution is -0.139. The Kier molecular flexibility index (Phi) is 5.38. The summed E-state index contributed by atoms with van der Waals surface area (Å²) in [5.74, 6) is 0.101. The molecule has 1 N–H and O–H groups in total. The van der Waals surface area contributed by atoms with Crippen LogP contribution in [0, 0.1) is 0 Å². The molecule has 2 aromatic heterocycles. The van der Waals surface area contributed by atoms with Crippen molar-refractivity contribution in [1.82, 2.24) is 14.4 Å². The molecule has 25 heavy (non-hydrogen) atoms. The van der Waals surface area contributed by atoms with Crippen LogP contribution in [0.1, 0.15) is 17.7 Å². The van der Waals surface area contributed by atoms with Gasteiger partial charge < -0.3 is 24.2 Å². The smallest absolute Gasteiger partial charge is 0.311 e. The number of methoxy groups -OCH3 is 2. The van der Waals surface area contributed by atoms with Gasteiger partial charge in [-0.25, -0.2) is 9.97 Å². The second kappa shape index (κ2) is 7.52. The van der Waals surface area contributed by atoms with Crippen LogP contribution in [-0.2, 0) is 25.4 Å².